The van der Waals surface area contributed by atoms with E-state index in [9.17, 15) is 9.90 Å². The lowest BCUT2D eigenvalue weighted by atomic mass is 9.87. The van der Waals surface area contributed by atoms with Gasteiger partial charge in [0.1, 0.15) is 11.5 Å². The van der Waals surface area contributed by atoms with Crippen molar-refractivity contribution < 1.29 is 14.6 Å². The van der Waals surface area contributed by atoms with Gasteiger partial charge in [0.25, 0.3) is 5.91 Å². The highest BCUT2D eigenvalue weighted by molar-refractivity contribution is 9.11. The van der Waals surface area contributed by atoms with Gasteiger partial charge < -0.3 is 9.84 Å². The van der Waals surface area contributed by atoms with Gasteiger partial charge >= 0.3 is 0 Å². The van der Waals surface area contributed by atoms with Crippen molar-refractivity contribution in [1.29, 1.82) is 0 Å². The van der Waals surface area contributed by atoms with Gasteiger partial charge in [-0.15, -0.1) is 0 Å². The molecule has 2 N–H and O–H groups in total. The molecule has 0 saturated carbocycles. The number of halogens is 3. The number of nitrogens with one attached hydrogen (secondary N) is 1. The van der Waals surface area contributed by atoms with Crippen LogP contribution in [-0.4, -0.2) is 23.8 Å². The van der Waals surface area contributed by atoms with Crippen LogP contribution in [0.3, 0.4) is 0 Å². The number of hydrogen-bond acceptors (Lipinski definition) is 4. The van der Waals surface area contributed by atoms with Crippen molar-refractivity contribution in [3.05, 3.63) is 54.9 Å². The number of benzene rings is 2. The molecule has 2 aromatic rings. The lowest BCUT2D eigenvalue weighted by molar-refractivity contribution is -0.123. The summed E-state index contributed by atoms with van der Waals surface area (Å²) < 4.78 is 7.16. The number of rotatable bonds is 5. The molecule has 0 saturated heterocycles. The number of hydrazone groups is 1. The normalized spacial score (nSPS) is 11.6. The van der Waals surface area contributed by atoms with E-state index >= 15 is 0 Å². The molecule has 0 aliphatic carbocycles. The summed E-state index contributed by atoms with van der Waals surface area (Å²) in [7, 11) is 0. The van der Waals surface area contributed by atoms with Gasteiger partial charge in [0.2, 0.25) is 0 Å². The number of nitrogens with zero attached hydrogens (tertiary/aromatic N) is 1. The van der Waals surface area contributed by atoms with Gasteiger partial charge in [-0.25, -0.2) is 5.43 Å². The van der Waals surface area contributed by atoms with Crippen LogP contribution in [0.4, 0.5) is 0 Å². The number of carbonyl (C=O) groups excluding carboxylic acids is 1. The second-order valence-corrected chi connectivity index (χ2v) is 9.27. The summed E-state index contributed by atoms with van der Waals surface area (Å²) in [4.78, 5) is 11.9. The third-order valence-electron chi connectivity index (χ3n) is 3.65. The maximum atomic E-state index is 11.9. The Bertz CT molecular complexity index is 860. The fourth-order valence-corrected chi connectivity index (χ4v) is 4.44. The monoisotopic (exact) mass is 560 g/mol. The summed E-state index contributed by atoms with van der Waals surface area (Å²) in [5.41, 5.74) is 4.24. The first-order valence-corrected chi connectivity index (χ1v) is 10.4. The van der Waals surface area contributed by atoms with E-state index in [4.69, 9.17) is 4.74 Å². The Morgan fingerprint density at radius 3 is 2.41 bits per heavy atom. The first-order valence-electron chi connectivity index (χ1n) is 8.01. The minimum absolute atomic E-state index is 0.0491. The molecule has 27 heavy (non-hydrogen) atoms. The van der Waals surface area contributed by atoms with Crippen LogP contribution in [0.15, 0.2) is 48.9 Å². The van der Waals surface area contributed by atoms with Gasteiger partial charge in [-0.3, -0.25) is 4.79 Å². The van der Waals surface area contributed by atoms with Crippen LogP contribution in [0.2, 0.25) is 0 Å². The lowest BCUT2D eigenvalue weighted by Gasteiger charge is -2.19. The van der Waals surface area contributed by atoms with Gasteiger partial charge in [0, 0.05) is 10.0 Å². The molecule has 0 spiro atoms. The molecule has 5 nitrogen and oxygen atoms in total. The maximum Gasteiger partial charge on any atom is 0.277 e. The van der Waals surface area contributed by atoms with Crippen molar-refractivity contribution in [1.82, 2.24) is 5.43 Å². The molecule has 0 aliphatic heterocycles. The van der Waals surface area contributed by atoms with E-state index in [2.05, 4.69) is 79.1 Å². The lowest BCUT2D eigenvalue weighted by Crippen LogP contribution is -2.24. The molecule has 0 aliphatic rings. The molecular formula is C19H19Br3N2O3. The molecule has 2 aromatic carbocycles. The maximum absolute atomic E-state index is 11.9. The first kappa shape index (κ1) is 21.9. The molecule has 0 aromatic heterocycles. The number of phenolic OH excluding ortho intramolecular Hbond substituents is 1. The van der Waals surface area contributed by atoms with Crippen LogP contribution in [-0.2, 0) is 10.2 Å². The van der Waals surface area contributed by atoms with Gasteiger partial charge in [-0.05, 0) is 61.0 Å². The molecule has 0 bridgehead atoms. The molecule has 144 valence electrons. The van der Waals surface area contributed by atoms with Crippen LogP contribution in [0.1, 0.15) is 31.9 Å². The summed E-state index contributed by atoms with van der Waals surface area (Å²) in [5, 5.41) is 13.8. The largest absolute Gasteiger partial charge is 0.506 e. The topological polar surface area (TPSA) is 70.9 Å². The van der Waals surface area contributed by atoms with Crippen molar-refractivity contribution in [2.24, 2.45) is 5.10 Å². The van der Waals surface area contributed by atoms with Crippen molar-refractivity contribution in [2.45, 2.75) is 26.2 Å². The van der Waals surface area contributed by atoms with E-state index in [0.717, 1.165) is 0 Å². The zero-order chi connectivity index (χ0) is 20.2. The van der Waals surface area contributed by atoms with Gasteiger partial charge in [0.15, 0.2) is 6.61 Å². The predicted molar refractivity (Wildman–Crippen MR) is 118 cm³/mol. The van der Waals surface area contributed by atoms with Crippen molar-refractivity contribution in [2.75, 3.05) is 6.61 Å². The van der Waals surface area contributed by atoms with E-state index < -0.39 is 0 Å². The minimum Gasteiger partial charge on any atom is -0.506 e. The molecule has 0 unspecified atom stereocenters. The smallest absolute Gasteiger partial charge is 0.277 e. The summed E-state index contributed by atoms with van der Waals surface area (Å²) in [5.74, 6) is 0.276. The van der Waals surface area contributed by atoms with Gasteiger partial charge in [-0.1, -0.05) is 48.8 Å². The Morgan fingerprint density at radius 1 is 1.19 bits per heavy atom. The zero-order valence-electron chi connectivity index (χ0n) is 15.0. The quantitative estimate of drug-likeness (QED) is 0.373. The summed E-state index contributed by atoms with van der Waals surface area (Å²) in [6, 6.07) is 9.35. The van der Waals surface area contributed by atoms with Crippen LogP contribution >= 0.6 is 47.8 Å². The van der Waals surface area contributed by atoms with E-state index in [1.165, 1.54) is 11.8 Å². The predicted octanol–water partition coefficient (Wildman–Crippen LogP) is 5.51. The van der Waals surface area contributed by atoms with Gasteiger partial charge in [-0.2, -0.15) is 5.10 Å². The van der Waals surface area contributed by atoms with Crippen LogP contribution < -0.4 is 10.2 Å². The molecule has 1 amide bonds. The Balaban J connectivity index is 1.92. The minimum atomic E-state index is -0.389. The van der Waals surface area contributed by atoms with Crippen LogP contribution in [0.5, 0.6) is 11.5 Å². The zero-order valence-corrected chi connectivity index (χ0v) is 19.8. The molecule has 0 atom stereocenters. The van der Waals surface area contributed by atoms with Crippen LogP contribution in [0, 0.1) is 0 Å². The number of ether oxygens (including phenoxy) is 1. The molecular weight excluding hydrogens is 544 g/mol. The highest BCUT2D eigenvalue weighted by Crippen LogP contribution is 2.38. The van der Waals surface area contributed by atoms with Crippen molar-refractivity contribution >= 4 is 59.9 Å². The number of aromatic hydroxyl groups is 1. The summed E-state index contributed by atoms with van der Waals surface area (Å²) >= 11 is 9.91. The second kappa shape index (κ2) is 9.21. The highest BCUT2D eigenvalue weighted by atomic mass is 79.9. The van der Waals surface area contributed by atoms with E-state index in [1.54, 1.807) is 6.07 Å². The van der Waals surface area contributed by atoms with Crippen LogP contribution in [0.25, 0.3) is 0 Å². The Kier molecular flexibility index (Phi) is 7.47. The fourth-order valence-electron chi connectivity index (χ4n) is 2.11. The SMILES string of the molecule is CC(C)(C)c1ccc(OCC(=O)NN=Cc2c(Br)cc(Br)c(O)c2Br)cc1. The molecule has 0 heterocycles. The highest BCUT2D eigenvalue weighted by Gasteiger charge is 2.14. The number of phenols is 1. The molecule has 8 heteroatoms. The van der Waals surface area contributed by atoms with Crippen molar-refractivity contribution in [3.8, 4) is 11.5 Å². The standard InChI is InChI=1S/C19H19Br3N2O3/c1-19(2,3)11-4-6-12(7-5-11)27-10-16(25)24-23-9-13-14(20)8-15(21)18(26)17(13)22/h4-9,26H,10H2,1-3H3,(H,24,25). The van der Waals surface area contributed by atoms with Crippen molar-refractivity contribution in [3.63, 3.8) is 0 Å². The third-order valence-corrected chi connectivity index (χ3v) is 5.72. The van der Waals surface area contributed by atoms with E-state index in [0.29, 0.717) is 24.7 Å². The van der Waals surface area contributed by atoms with E-state index in [1.807, 2.05) is 24.3 Å². The first-order chi connectivity index (χ1) is 12.6. The second-order valence-electron chi connectivity index (χ2n) is 6.77. The Hall–Kier alpha value is -1.38. The molecule has 2 rings (SSSR count). The Morgan fingerprint density at radius 2 is 1.81 bits per heavy atom. The number of amides is 1. The molecule has 0 radical (unpaired) electrons. The number of hydrogen-bond donors (Lipinski definition) is 2. The Labute approximate surface area is 183 Å². The van der Waals surface area contributed by atoms with E-state index in [-0.39, 0.29) is 23.7 Å². The third kappa shape index (κ3) is 6.05. The average Bonchev–Trinajstić information content (AvgIpc) is 2.60. The average molecular weight is 563 g/mol. The molecule has 0 fully saturated rings. The van der Waals surface area contributed by atoms with Gasteiger partial charge in [0.05, 0.1) is 15.2 Å². The summed E-state index contributed by atoms with van der Waals surface area (Å²) in [6.07, 6.45) is 1.43. The fraction of sp³-hybridized carbons (Fsp3) is 0.263. The summed E-state index contributed by atoms with van der Waals surface area (Å²) in [6.45, 7) is 6.25. The number of carbonyl (C=O) groups is 1.